The van der Waals surface area contributed by atoms with Crippen molar-refractivity contribution in [3.8, 4) is 0 Å². The van der Waals surface area contributed by atoms with Gasteiger partial charge in [0.2, 0.25) is 0 Å². The van der Waals surface area contributed by atoms with E-state index >= 15 is 0 Å². The van der Waals surface area contributed by atoms with E-state index in [1.807, 2.05) is 25.1 Å². The molecule has 2 rings (SSSR count). The van der Waals surface area contributed by atoms with Crippen LogP contribution in [0.4, 0.5) is 5.13 Å². The van der Waals surface area contributed by atoms with Gasteiger partial charge in [0, 0.05) is 24.0 Å². The number of nitrogens with zero attached hydrogens (tertiary/aromatic N) is 2. The van der Waals surface area contributed by atoms with Gasteiger partial charge in [0.1, 0.15) is 5.69 Å². The number of carbonyl (C=O) groups is 2. The Labute approximate surface area is 133 Å². The molecule has 0 unspecified atom stereocenters. The molecule has 2 N–H and O–H groups in total. The van der Waals surface area contributed by atoms with Crippen LogP contribution in [0.3, 0.4) is 0 Å². The monoisotopic (exact) mass is 318 g/mol. The number of likely N-dealkylation sites (N-methyl/N-ethyl adjacent to an activating group) is 1. The maximum Gasteiger partial charge on any atom is 0.270 e. The fourth-order valence-corrected chi connectivity index (χ4v) is 2.36. The molecule has 1 heterocycles. The van der Waals surface area contributed by atoms with Gasteiger partial charge in [-0.25, -0.2) is 4.98 Å². The number of hydrogen-bond acceptors (Lipinski definition) is 5. The highest BCUT2D eigenvalue weighted by Gasteiger charge is 2.12. The molecule has 22 heavy (non-hydrogen) atoms. The van der Waals surface area contributed by atoms with Crippen LogP contribution >= 0.6 is 11.3 Å². The molecule has 0 saturated carbocycles. The Morgan fingerprint density at radius 2 is 1.91 bits per heavy atom. The summed E-state index contributed by atoms with van der Waals surface area (Å²) in [5.74, 6) is -0.479. The zero-order valence-corrected chi connectivity index (χ0v) is 13.3. The van der Waals surface area contributed by atoms with Crippen molar-refractivity contribution in [2.24, 2.45) is 0 Å². The summed E-state index contributed by atoms with van der Waals surface area (Å²) in [5.41, 5.74) is 0.863. The molecule has 0 saturated heterocycles. The summed E-state index contributed by atoms with van der Waals surface area (Å²) >= 11 is 1.23. The first-order valence-electron chi connectivity index (χ1n) is 6.81. The fourth-order valence-electron chi connectivity index (χ4n) is 1.68. The Bertz CT molecular complexity index is 640. The average Bonchev–Trinajstić information content (AvgIpc) is 2.96. The van der Waals surface area contributed by atoms with Gasteiger partial charge in [0.15, 0.2) is 5.13 Å². The Kier molecular flexibility index (Phi) is 5.62. The molecule has 7 heteroatoms. The van der Waals surface area contributed by atoms with Crippen LogP contribution in [0.2, 0.25) is 0 Å². The second-order valence-electron chi connectivity index (χ2n) is 4.92. The number of carbonyl (C=O) groups excluding carboxylic acids is 2. The summed E-state index contributed by atoms with van der Waals surface area (Å²) in [6.45, 7) is 1.31. The Hall–Kier alpha value is -2.25. The molecule has 1 aromatic heterocycles. The largest absolute Gasteiger partial charge is 0.349 e. The lowest BCUT2D eigenvalue weighted by Crippen LogP contribution is -2.31. The van der Waals surface area contributed by atoms with Crippen molar-refractivity contribution in [1.29, 1.82) is 0 Å². The van der Waals surface area contributed by atoms with Gasteiger partial charge in [-0.05, 0) is 26.2 Å². The van der Waals surface area contributed by atoms with E-state index in [2.05, 4.69) is 15.6 Å². The van der Waals surface area contributed by atoms with Gasteiger partial charge in [0.25, 0.3) is 11.8 Å². The summed E-state index contributed by atoms with van der Waals surface area (Å²) in [5, 5.41) is 7.51. The lowest BCUT2D eigenvalue weighted by atomic mass is 10.2. The summed E-state index contributed by atoms with van der Waals surface area (Å²) in [7, 11) is 3.87. The third kappa shape index (κ3) is 4.64. The molecule has 2 aromatic rings. The highest BCUT2D eigenvalue weighted by atomic mass is 32.1. The van der Waals surface area contributed by atoms with Gasteiger partial charge >= 0.3 is 0 Å². The molecule has 0 fully saturated rings. The van der Waals surface area contributed by atoms with Gasteiger partial charge in [-0.2, -0.15) is 0 Å². The highest BCUT2D eigenvalue weighted by molar-refractivity contribution is 7.14. The van der Waals surface area contributed by atoms with E-state index in [-0.39, 0.29) is 11.8 Å². The molecular formula is C15H18N4O2S. The Morgan fingerprint density at radius 3 is 2.59 bits per heavy atom. The number of benzene rings is 1. The van der Waals surface area contributed by atoms with Crippen molar-refractivity contribution in [3.63, 3.8) is 0 Å². The number of anilines is 1. The number of hydrogen-bond donors (Lipinski definition) is 2. The molecule has 0 atom stereocenters. The number of aromatic nitrogens is 1. The van der Waals surface area contributed by atoms with Crippen LogP contribution in [0.15, 0.2) is 35.7 Å². The van der Waals surface area contributed by atoms with Gasteiger partial charge in [0.05, 0.1) is 0 Å². The van der Waals surface area contributed by atoms with E-state index in [9.17, 15) is 9.59 Å². The van der Waals surface area contributed by atoms with Crippen molar-refractivity contribution in [3.05, 3.63) is 47.0 Å². The number of rotatable bonds is 6. The molecule has 0 spiro atoms. The maximum absolute atomic E-state index is 12.0. The molecule has 0 aliphatic rings. The molecule has 116 valence electrons. The van der Waals surface area contributed by atoms with E-state index in [1.54, 1.807) is 29.6 Å². The first kappa shape index (κ1) is 16.1. The normalized spacial score (nSPS) is 10.5. The second-order valence-corrected chi connectivity index (χ2v) is 5.78. The molecule has 6 nitrogen and oxygen atoms in total. The SMILES string of the molecule is CN(C)CCNC(=O)c1csc(NC(=O)c2ccccc2)n1. The van der Waals surface area contributed by atoms with Gasteiger partial charge in [-0.1, -0.05) is 18.2 Å². The minimum absolute atomic E-state index is 0.238. The minimum atomic E-state index is -0.241. The summed E-state index contributed by atoms with van der Waals surface area (Å²) in [6.07, 6.45) is 0. The maximum atomic E-state index is 12.0. The molecule has 0 radical (unpaired) electrons. The second kappa shape index (κ2) is 7.67. The molecule has 0 aliphatic heterocycles. The lowest BCUT2D eigenvalue weighted by Gasteiger charge is -2.09. The first-order chi connectivity index (χ1) is 10.6. The van der Waals surface area contributed by atoms with Gasteiger partial charge in [-0.3, -0.25) is 14.9 Å². The van der Waals surface area contributed by atoms with E-state index in [0.717, 1.165) is 6.54 Å². The van der Waals surface area contributed by atoms with Crippen LogP contribution in [0.1, 0.15) is 20.8 Å². The molecule has 2 amide bonds. The van der Waals surface area contributed by atoms with Gasteiger partial charge < -0.3 is 10.2 Å². The molecule has 1 aromatic carbocycles. The topological polar surface area (TPSA) is 74.3 Å². The fraction of sp³-hybridized carbons (Fsp3) is 0.267. The van der Waals surface area contributed by atoms with Crippen LogP contribution in [-0.2, 0) is 0 Å². The van der Waals surface area contributed by atoms with Gasteiger partial charge in [-0.15, -0.1) is 11.3 Å². The summed E-state index contributed by atoms with van der Waals surface area (Å²) in [4.78, 5) is 30.0. The molecule has 0 aliphatic carbocycles. The summed E-state index contributed by atoms with van der Waals surface area (Å²) in [6, 6.07) is 8.87. The Morgan fingerprint density at radius 1 is 1.18 bits per heavy atom. The van der Waals surface area contributed by atoms with Crippen molar-refractivity contribution >= 4 is 28.3 Å². The van der Waals surface area contributed by atoms with Crippen molar-refractivity contribution < 1.29 is 9.59 Å². The van der Waals surface area contributed by atoms with Crippen LogP contribution in [-0.4, -0.2) is 48.9 Å². The number of nitrogens with one attached hydrogen (secondary N) is 2. The quantitative estimate of drug-likeness (QED) is 0.850. The van der Waals surface area contributed by atoms with Crippen LogP contribution in [0.5, 0.6) is 0 Å². The third-order valence-electron chi connectivity index (χ3n) is 2.84. The van der Waals surface area contributed by atoms with Crippen LogP contribution in [0.25, 0.3) is 0 Å². The van der Waals surface area contributed by atoms with Crippen LogP contribution < -0.4 is 10.6 Å². The highest BCUT2D eigenvalue weighted by Crippen LogP contribution is 2.16. The predicted octanol–water partition coefficient (Wildman–Crippen LogP) is 1.69. The lowest BCUT2D eigenvalue weighted by molar-refractivity contribution is 0.0945. The van der Waals surface area contributed by atoms with E-state index < -0.39 is 0 Å². The zero-order chi connectivity index (χ0) is 15.9. The van der Waals surface area contributed by atoms with Crippen molar-refractivity contribution in [2.75, 3.05) is 32.5 Å². The minimum Gasteiger partial charge on any atom is -0.349 e. The average molecular weight is 318 g/mol. The van der Waals surface area contributed by atoms with Crippen molar-refractivity contribution in [1.82, 2.24) is 15.2 Å². The smallest absolute Gasteiger partial charge is 0.270 e. The zero-order valence-electron chi connectivity index (χ0n) is 12.5. The van der Waals surface area contributed by atoms with E-state index in [1.165, 1.54) is 11.3 Å². The standard InChI is InChI=1S/C15H18N4O2S/c1-19(2)9-8-16-14(21)12-10-22-15(17-12)18-13(20)11-6-4-3-5-7-11/h3-7,10H,8-9H2,1-2H3,(H,16,21)(H,17,18,20). The summed E-state index contributed by atoms with van der Waals surface area (Å²) < 4.78 is 0. The molecular weight excluding hydrogens is 300 g/mol. The molecule has 0 bridgehead atoms. The first-order valence-corrected chi connectivity index (χ1v) is 7.69. The number of thiazole rings is 1. The van der Waals surface area contributed by atoms with E-state index in [0.29, 0.717) is 22.9 Å². The third-order valence-corrected chi connectivity index (χ3v) is 3.60. The number of amides is 2. The Balaban J connectivity index is 1.91. The van der Waals surface area contributed by atoms with Crippen LogP contribution in [0, 0.1) is 0 Å². The van der Waals surface area contributed by atoms with Crippen molar-refractivity contribution in [2.45, 2.75) is 0 Å². The van der Waals surface area contributed by atoms with E-state index in [4.69, 9.17) is 0 Å². The predicted molar refractivity (Wildman–Crippen MR) is 87.4 cm³/mol.